The number of hydrogen-bond acceptors (Lipinski definition) is 3. The molecule has 0 aliphatic heterocycles. The van der Waals surface area contributed by atoms with Gasteiger partial charge in [0.2, 0.25) is 0 Å². The molecule has 0 atom stereocenters. The number of benzene rings is 1. The highest BCUT2D eigenvalue weighted by molar-refractivity contribution is 9.10. The highest BCUT2D eigenvalue weighted by Crippen LogP contribution is 2.20. The summed E-state index contributed by atoms with van der Waals surface area (Å²) in [5.41, 5.74) is 7.40. The first-order chi connectivity index (χ1) is 6.83. The van der Waals surface area contributed by atoms with E-state index in [1.807, 2.05) is 24.3 Å². The van der Waals surface area contributed by atoms with E-state index in [0.717, 1.165) is 15.9 Å². The Balaban J connectivity index is 2.54. The number of rotatable bonds is 2. The van der Waals surface area contributed by atoms with Crippen LogP contribution >= 0.6 is 15.9 Å². The molecule has 0 saturated carbocycles. The lowest BCUT2D eigenvalue weighted by Gasteiger charge is -2.05. The van der Waals surface area contributed by atoms with Crippen molar-refractivity contribution in [1.82, 2.24) is 15.0 Å². The summed E-state index contributed by atoms with van der Waals surface area (Å²) in [6.07, 6.45) is 1.67. The molecule has 0 fully saturated rings. The van der Waals surface area contributed by atoms with E-state index in [-0.39, 0.29) is 0 Å². The van der Waals surface area contributed by atoms with Crippen LogP contribution < -0.4 is 5.73 Å². The summed E-state index contributed by atoms with van der Waals surface area (Å²) in [5, 5.41) is 7.80. The minimum atomic E-state index is 0.425. The fourth-order valence-corrected chi connectivity index (χ4v) is 1.67. The third-order valence-electron chi connectivity index (χ3n) is 1.91. The SMILES string of the molecule is NCc1cnnn1-c1ccccc1Br. The molecule has 14 heavy (non-hydrogen) atoms. The standard InChI is InChI=1S/C9H9BrN4/c10-8-3-1-2-4-9(8)14-7(5-11)6-12-13-14/h1-4,6H,5,11H2. The molecule has 2 N–H and O–H groups in total. The van der Waals surface area contributed by atoms with Gasteiger partial charge in [-0.2, -0.15) is 0 Å². The Kier molecular flexibility index (Phi) is 2.60. The molecule has 0 saturated heterocycles. The first-order valence-electron chi connectivity index (χ1n) is 4.17. The summed E-state index contributed by atoms with van der Waals surface area (Å²) in [7, 11) is 0. The maximum atomic E-state index is 5.57. The molecule has 1 heterocycles. The Bertz CT molecular complexity index is 438. The minimum absolute atomic E-state index is 0.425. The number of para-hydroxylation sites is 1. The van der Waals surface area contributed by atoms with Gasteiger partial charge in [0, 0.05) is 11.0 Å². The molecule has 0 aliphatic rings. The van der Waals surface area contributed by atoms with Gasteiger partial charge in [0.25, 0.3) is 0 Å². The van der Waals surface area contributed by atoms with E-state index in [2.05, 4.69) is 26.2 Å². The Hall–Kier alpha value is -1.20. The van der Waals surface area contributed by atoms with Crippen molar-refractivity contribution in [2.24, 2.45) is 5.73 Å². The van der Waals surface area contributed by atoms with E-state index in [1.54, 1.807) is 10.9 Å². The van der Waals surface area contributed by atoms with Gasteiger partial charge in [0.05, 0.1) is 17.6 Å². The van der Waals surface area contributed by atoms with Crippen LogP contribution in [0.5, 0.6) is 0 Å². The van der Waals surface area contributed by atoms with E-state index in [9.17, 15) is 0 Å². The molecule has 0 unspecified atom stereocenters. The molecule has 0 aliphatic carbocycles. The number of halogens is 1. The predicted octanol–water partition coefficient (Wildman–Crippen LogP) is 1.49. The lowest BCUT2D eigenvalue weighted by atomic mass is 10.3. The van der Waals surface area contributed by atoms with Crippen LogP contribution in [0.1, 0.15) is 5.69 Å². The molecule has 0 radical (unpaired) electrons. The van der Waals surface area contributed by atoms with Gasteiger partial charge >= 0.3 is 0 Å². The topological polar surface area (TPSA) is 56.7 Å². The van der Waals surface area contributed by atoms with E-state index >= 15 is 0 Å². The Morgan fingerprint density at radius 2 is 2.14 bits per heavy atom. The van der Waals surface area contributed by atoms with Crippen molar-refractivity contribution in [1.29, 1.82) is 0 Å². The number of nitrogens with two attached hydrogens (primary N) is 1. The van der Waals surface area contributed by atoms with Gasteiger partial charge in [-0.1, -0.05) is 17.3 Å². The fraction of sp³-hybridized carbons (Fsp3) is 0.111. The lowest BCUT2D eigenvalue weighted by molar-refractivity contribution is 0.759. The van der Waals surface area contributed by atoms with Crippen LogP contribution in [-0.4, -0.2) is 15.0 Å². The molecule has 2 rings (SSSR count). The minimum Gasteiger partial charge on any atom is -0.325 e. The first-order valence-corrected chi connectivity index (χ1v) is 4.97. The largest absolute Gasteiger partial charge is 0.325 e. The van der Waals surface area contributed by atoms with Crippen molar-refractivity contribution in [3.63, 3.8) is 0 Å². The number of aromatic nitrogens is 3. The third kappa shape index (κ3) is 1.56. The zero-order valence-electron chi connectivity index (χ0n) is 7.39. The average molecular weight is 253 g/mol. The van der Waals surface area contributed by atoms with Crippen LogP contribution in [0.2, 0.25) is 0 Å². The maximum Gasteiger partial charge on any atom is 0.0809 e. The summed E-state index contributed by atoms with van der Waals surface area (Å²) in [4.78, 5) is 0. The number of nitrogens with zero attached hydrogens (tertiary/aromatic N) is 3. The second-order valence-corrected chi connectivity index (χ2v) is 3.65. The Morgan fingerprint density at radius 1 is 1.36 bits per heavy atom. The molecule has 0 spiro atoms. The Labute approximate surface area is 89.9 Å². The molecule has 1 aromatic carbocycles. The molecule has 4 nitrogen and oxygen atoms in total. The molecular weight excluding hydrogens is 244 g/mol. The summed E-state index contributed by atoms with van der Waals surface area (Å²) >= 11 is 3.45. The van der Waals surface area contributed by atoms with E-state index in [4.69, 9.17) is 5.73 Å². The summed E-state index contributed by atoms with van der Waals surface area (Å²) in [6.45, 7) is 0.425. The van der Waals surface area contributed by atoms with E-state index < -0.39 is 0 Å². The van der Waals surface area contributed by atoms with Gasteiger partial charge in [-0.15, -0.1) is 5.10 Å². The van der Waals surface area contributed by atoms with Crippen molar-refractivity contribution in [3.05, 3.63) is 40.6 Å². The number of hydrogen-bond donors (Lipinski definition) is 1. The van der Waals surface area contributed by atoms with Crippen molar-refractivity contribution >= 4 is 15.9 Å². The van der Waals surface area contributed by atoms with Crippen molar-refractivity contribution in [3.8, 4) is 5.69 Å². The highest BCUT2D eigenvalue weighted by atomic mass is 79.9. The Morgan fingerprint density at radius 3 is 2.86 bits per heavy atom. The van der Waals surface area contributed by atoms with Crippen LogP contribution in [0.3, 0.4) is 0 Å². The van der Waals surface area contributed by atoms with Crippen LogP contribution in [-0.2, 0) is 6.54 Å². The van der Waals surface area contributed by atoms with Gasteiger partial charge in [0.1, 0.15) is 0 Å². The van der Waals surface area contributed by atoms with E-state index in [0.29, 0.717) is 6.54 Å². The second-order valence-electron chi connectivity index (χ2n) is 2.79. The smallest absolute Gasteiger partial charge is 0.0809 e. The zero-order valence-corrected chi connectivity index (χ0v) is 8.98. The first kappa shape index (κ1) is 9.36. The van der Waals surface area contributed by atoms with Crippen LogP contribution in [0.25, 0.3) is 5.69 Å². The predicted molar refractivity (Wildman–Crippen MR) is 57.0 cm³/mol. The van der Waals surface area contributed by atoms with Crippen molar-refractivity contribution in [2.75, 3.05) is 0 Å². The van der Waals surface area contributed by atoms with Crippen LogP contribution in [0.15, 0.2) is 34.9 Å². The van der Waals surface area contributed by atoms with Crippen molar-refractivity contribution < 1.29 is 0 Å². The second kappa shape index (κ2) is 3.89. The normalized spacial score (nSPS) is 10.4. The molecule has 2 aromatic rings. The summed E-state index contributed by atoms with van der Waals surface area (Å²) < 4.78 is 2.70. The third-order valence-corrected chi connectivity index (χ3v) is 2.58. The molecular formula is C9H9BrN4. The fourth-order valence-electron chi connectivity index (χ4n) is 1.22. The van der Waals surface area contributed by atoms with Crippen molar-refractivity contribution in [2.45, 2.75) is 6.54 Å². The summed E-state index contributed by atoms with van der Waals surface area (Å²) in [6, 6.07) is 7.81. The van der Waals surface area contributed by atoms with Gasteiger partial charge in [0.15, 0.2) is 0 Å². The van der Waals surface area contributed by atoms with Crippen LogP contribution in [0.4, 0.5) is 0 Å². The van der Waals surface area contributed by atoms with Gasteiger partial charge in [-0.25, -0.2) is 4.68 Å². The monoisotopic (exact) mass is 252 g/mol. The maximum absolute atomic E-state index is 5.57. The average Bonchev–Trinajstić information content (AvgIpc) is 2.66. The zero-order chi connectivity index (χ0) is 9.97. The quantitative estimate of drug-likeness (QED) is 0.882. The summed E-state index contributed by atoms with van der Waals surface area (Å²) in [5.74, 6) is 0. The molecule has 1 aromatic heterocycles. The van der Waals surface area contributed by atoms with Gasteiger partial charge < -0.3 is 5.73 Å². The molecule has 0 amide bonds. The highest BCUT2D eigenvalue weighted by Gasteiger charge is 2.06. The molecule has 5 heteroatoms. The molecule has 72 valence electrons. The van der Waals surface area contributed by atoms with Crippen LogP contribution in [0, 0.1) is 0 Å². The van der Waals surface area contributed by atoms with E-state index in [1.165, 1.54) is 0 Å². The van der Waals surface area contributed by atoms with Gasteiger partial charge in [-0.05, 0) is 28.1 Å². The lowest BCUT2D eigenvalue weighted by Crippen LogP contribution is -2.07. The molecule has 0 bridgehead atoms. The van der Waals surface area contributed by atoms with Gasteiger partial charge in [-0.3, -0.25) is 0 Å².